The molecule has 8 heteroatoms. The number of ether oxygens (including phenoxy) is 2. The Hall–Kier alpha value is -1.64. The van der Waals surface area contributed by atoms with Crippen LogP contribution in [0, 0.1) is 12.8 Å². The summed E-state index contributed by atoms with van der Waals surface area (Å²) in [6, 6.07) is 4.70. The van der Waals surface area contributed by atoms with Crippen molar-refractivity contribution in [2.45, 2.75) is 37.6 Å². The smallest absolute Gasteiger partial charge is 0.243 e. The van der Waals surface area contributed by atoms with Gasteiger partial charge < -0.3 is 14.8 Å². The average molecular weight is 384 g/mol. The lowest BCUT2D eigenvalue weighted by molar-refractivity contribution is -0.127. The van der Waals surface area contributed by atoms with Crippen molar-refractivity contribution in [1.29, 1.82) is 0 Å². The summed E-state index contributed by atoms with van der Waals surface area (Å²) in [5, 5.41) is 2.88. The number of nitrogens with one attached hydrogen (secondary N) is 1. The van der Waals surface area contributed by atoms with Crippen LogP contribution in [0.25, 0.3) is 0 Å². The molecule has 0 radical (unpaired) electrons. The second-order valence-corrected chi connectivity index (χ2v) is 8.64. The van der Waals surface area contributed by atoms with Crippen molar-refractivity contribution < 1.29 is 22.7 Å². The number of carbonyl (C=O) groups is 1. The van der Waals surface area contributed by atoms with E-state index in [1.165, 1.54) is 4.31 Å². The summed E-state index contributed by atoms with van der Waals surface area (Å²) in [6.07, 6.45) is 1.34. The Balaban J connectivity index is 2.12. The van der Waals surface area contributed by atoms with Gasteiger partial charge in [-0.2, -0.15) is 4.31 Å². The number of rotatable bonds is 7. The number of hydrogen-bond acceptors (Lipinski definition) is 5. The summed E-state index contributed by atoms with van der Waals surface area (Å²) in [5.41, 5.74) is 0.758. The summed E-state index contributed by atoms with van der Waals surface area (Å²) in [7, 11) is -0.513. The van der Waals surface area contributed by atoms with Crippen molar-refractivity contribution in [1.82, 2.24) is 9.62 Å². The van der Waals surface area contributed by atoms with Crippen LogP contribution in [0.15, 0.2) is 23.1 Å². The topological polar surface area (TPSA) is 84.9 Å². The van der Waals surface area contributed by atoms with E-state index in [1.54, 1.807) is 32.4 Å². The van der Waals surface area contributed by atoms with Gasteiger partial charge in [-0.3, -0.25) is 4.79 Å². The Bertz CT molecular complexity index is 735. The maximum absolute atomic E-state index is 13.0. The van der Waals surface area contributed by atoms with Gasteiger partial charge in [0.1, 0.15) is 5.75 Å². The van der Waals surface area contributed by atoms with E-state index in [0.717, 1.165) is 5.56 Å². The third-order valence-electron chi connectivity index (χ3n) is 4.56. The first-order valence-corrected chi connectivity index (χ1v) is 10.2. The van der Waals surface area contributed by atoms with Crippen molar-refractivity contribution in [2.75, 3.05) is 33.9 Å². The number of methoxy groups -OCH3 is 2. The van der Waals surface area contributed by atoms with Gasteiger partial charge in [0.2, 0.25) is 15.9 Å². The van der Waals surface area contributed by atoms with Gasteiger partial charge in [0, 0.05) is 26.2 Å². The third-order valence-corrected chi connectivity index (χ3v) is 6.43. The third kappa shape index (κ3) is 4.75. The number of sulfonamides is 1. The first-order chi connectivity index (χ1) is 12.3. The Morgan fingerprint density at radius 2 is 2.12 bits per heavy atom. The van der Waals surface area contributed by atoms with Gasteiger partial charge in [0.25, 0.3) is 0 Å². The van der Waals surface area contributed by atoms with E-state index >= 15 is 0 Å². The molecule has 1 fully saturated rings. The molecule has 1 aromatic rings. The summed E-state index contributed by atoms with van der Waals surface area (Å²) in [5.74, 6) is 0.171. The molecule has 2 rings (SSSR count). The van der Waals surface area contributed by atoms with E-state index < -0.39 is 10.0 Å². The fourth-order valence-electron chi connectivity index (χ4n) is 3.19. The number of carbonyl (C=O) groups excluding carboxylic acids is 1. The molecule has 1 aliphatic heterocycles. The average Bonchev–Trinajstić information content (AvgIpc) is 2.61. The van der Waals surface area contributed by atoms with E-state index in [4.69, 9.17) is 9.47 Å². The standard InChI is InChI=1S/C18H28N2O5S/c1-13-10-16(7-8-17(13)25-4)26(22,23)20-9-5-6-15(11-20)18(21)19-14(2)12-24-3/h7-8,10,14-15H,5-6,9,11-12H2,1-4H3,(H,19,21)/t14-,15+/m0/s1. The van der Waals surface area contributed by atoms with Gasteiger partial charge in [-0.15, -0.1) is 0 Å². The highest BCUT2D eigenvalue weighted by Crippen LogP contribution is 2.27. The van der Waals surface area contributed by atoms with Gasteiger partial charge in [-0.1, -0.05) is 0 Å². The number of nitrogens with zero attached hydrogens (tertiary/aromatic N) is 1. The van der Waals surface area contributed by atoms with Gasteiger partial charge in [0.15, 0.2) is 0 Å². The minimum atomic E-state index is -3.64. The van der Waals surface area contributed by atoms with Crippen molar-refractivity contribution in [3.63, 3.8) is 0 Å². The lowest BCUT2D eigenvalue weighted by atomic mass is 9.98. The van der Waals surface area contributed by atoms with Crippen LogP contribution >= 0.6 is 0 Å². The second-order valence-electron chi connectivity index (χ2n) is 6.70. The van der Waals surface area contributed by atoms with E-state index in [-0.39, 0.29) is 29.3 Å². The summed E-state index contributed by atoms with van der Waals surface area (Å²) < 4.78 is 37.6. The molecule has 26 heavy (non-hydrogen) atoms. The zero-order chi connectivity index (χ0) is 19.3. The maximum atomic E-state index is 13.0. The summed E-state index contributed by atoms with van der Waals surface area (Å²) in [6.45, 7) is 4.70. The molecule has 2 atom stereocenters. The zero-order valence-electron chi connectivity index (χ0n) is 15.8. The second kappa shape index (κ2) is 8.83. The van der Waals surface area contributed by atoms with Crippen LogP contribution in [0.4, 0.5) is 0 Å². The molecular weight excluding hydrogens is 356 g/mol. The molecule has 1 heterocycles. The molecule has 0 bridgehead atoms. The Kier molecular flexibility index (Phi) is 7.02. The number of benzene rings is 1. The van der Waals surface area contributed by atoms with Crippen LogP contribution < -0.4 is 10.1 Å². The Morgan fingerprint density at radius 3 is 2.73 bits per heavy atom. The summed E-state index contributed by atoms with van der Waals surface area (Å²) in [4.78, 5) is 12.7. The highest BCUT2D eigenvalue weighted by molar-refractivity contribution is 7.89. The zero-order valence-corrected chi connectivity index (χ0v) is 16.6. The minimum Gasteiger partial charge on any atom is -0.496 e. The molecule has 0 saturated carbocycles. The van der Waals surface area contributed by atoms with Crippen molar-refractivity contribution in [3.8, 4) is 5.75 Å². The monoisotopic (exact) mass is 384 g/mol. The van der Waals surface area contributed by atoms with Crippen LogP contribution in [-0.4, -0.2) is 58.6 Å². The molecule has 0 aromatic heterocycles. The molecule has 1 amide bonds. The molecule has 1 N–H and O–H groups in total. The fourth-order valence-corrected chi connectivity index (χ4v) is 4.80. The molecule has 146 valence electrons. The molecule has 1 saturated heterocycles. The predicted molar refractivity (Wildman–Crippen MR) is 98.7 cm³/mol. The molecule has 1 aromatic carbocycles. The SMILES string of the molecule is COC[C@H](C)NC(=O)[C@@H]1CCCN(S(=O)(=O)c2ccc(OC)c(C)c2)C1. The fraction of sp³-hybridized carbons (Fsp3) is 0.611. The quantitative estimate of drug-likeness (QED) is 0.771. The number of aryl methyl sites for hydroxylation is 1. The lowest BCUT2D eigenvalue weighted by Crippen LogP contribution is -2.47. The first kappa shape index (κ1) is 20.7. The van der Waals surface area contributed by atoms with Crippen LogP contribution in [0.1, 0.15) is 25.3 Å². The van der Waals surface area contributed by atoms with Crippen molar-refractivity contribution in [2.24, 2.45) is 5.92 Å². The number of piperidine rings is 1. The van der Waals surface area contributed by atoms with Gasteiger partial charge in [-0.05, 0) is 50.5 Å². The Morgan fingerprint density at radius 1 is 1.38 bits per heavy atom. The number of amides is 1. The highest BCUT2D eigenvalue weighted by Gasteiger charge is 2.33. The predicted octanol–water partition coefficient (Wildman–Crippen LogP) is 1.56. The van der Waals surface area contributed by atoms with Crippen LogP contribution in [0.2, 0.25) is 0 Å². The van der Waals surface area contributed by atoms with Crippen molar-refractivity contribution in [3.05, 3.63) is 23.8 Å². The van der Waals surface area contributed by atoms with E-state index in [9.17, 15) is 13.2 Å². The Labute approximate surface area is 155 Å². The lowest BCUT2D eigenvalue weighted by Gasteiger charge is -2.32. The van der Waals surface area contributed by atoms with Crippen molar-refractivity contribution >= 4 is 15.9 Å². The minimum absolute atomic E-state index is 0.108. The molecule has 0 spiro atoms. The largest absolute Gasteiger partial charge is 0.496 e. The highest BCUT2D eigenvalue weighted by atomic mass is 32.2. The van der Waals surface area contributed by atoms with Crippen LogP contribution in [0.5, 0.6) is 5.75 Å². The van der Waals surface area contributed by atoms with Crippen LogP contribution in [-0.2, 0) is 19.6 Å². The normalized spacial score (nSPS) is 19.8. The number of hydrogen-bond donors (Lipinski definition) is 1. The van der Waals surface area contributed by atoms with E-state index in [0.29, 0.717) is 31.7 Å². The molecule has 0 aliphatic carbocycles. The van der Waals surface area contributed by atoms with E-state index in [2.05, 4.69) is 5.32 Å². The van der Waals surface area contributed by atoms with E-state index in [1.807, 2.05) is 13.8 Å². The molecular formula is C18H28N2O5S. The van der Waals surface area contributed by atoms with Gasteiger partial charge in [0.05, 0.1) is 24.5 Å². The summed E-state index contributed by atoms with van der Waals surface area (Å²) >= 11 is 0. The molecule has 0 unspecified atom stereocenters. The molecule has 1 aliphatic rings. The maximum Gasteiger partial charge on any atom is 0.243 e. The first-order valence-electron chi connectivity index (χ1n) is 8.73. The van der Waals surface area contributed by atoms with Crippen LogP contribution in [0.3, 0.4) is 0 Å². The van der Waals surface area contributed by atoms with Gasteiger partial charge >= 0.3 is 0 Å². The van der Waals surface area contributed by atoms with Gasteiger partial charge in [-0.25, -0.2) is 8.42 Å². The molecule has 7 nitrogen and oxygen atoms in total.